The molecule has 2 rings (SSSR count). The van der Waals surface area contributed by atoms with E-state index in [1.165, 1.54) is 6.42 Å². The molecular formula is C6H9Cl2N3. The van der Waals surface area contributed by atoms with Gasteiger partial charge in [0.1, 0.15) is 11.6 Å². The first-order valence-corrected chi connectivity index (χ1v) is 3.92. The molecule has 1 aliphatic rings. The first-order valence-electron chi connectivity index (χ1n) is 3.39. The number of alkyl halides is 1. The zero-order chi connectivity index (χ0) is 6.97. The van der Waals surface area contributed by atoms with Crippen molar-refractivity contribution < 1.29 is 0 Å². The second kappa shape index (κ2) is 3.41. The Hall–Kier alpha value is -0.280. The number of halogens is 2. The van der Waals surface area contributed by atoms with Crippen LogP contribution < -0.4 is 0 Å². The topological polar surface area (TPSA) is 30.7 Å². The summed E-state index contributed by atoms with van der Waals surface area (Å²) in [4.78, 5) is 0. The van der Waals surface area contributed by atoms with Crippen LogP contribution in [0.3, 0.4) is 0 Å². The Kier molecular flexibility index (Phi) is 2.73. The van der Waals surface area contributed by atoms with E-state index in [2.05, 4.69) is 14.8 Å². The van der Waals surface area contributed by atoms with Gasteiger partial charge in [-0.1, -0.05) is 0 Å². The number of nitrogens with zero attached hydrogens (tertiary/aromatic N) is 3. The number of aryl methyl sites for hydroxylation is 1. The number of fused-ring (bicyclic) bond motifs is 1. The highest BCUT2D eigenvalue weighted by Crippen LogP contribution is 2.14. The van der Waals surface area contributed by atoms with Gasteiger partial charge in [0, 0.05) is 13.0 Å². The second-order valence-corrected chi connectivity index (χ2v) is 2.69. The van der Waals surface area contributed by atoms with E-state index in [-0.39, 0.29) is 12.4 Å². The molecule has 0 fully saturated rings. The summed E-state index contributed by atoms with van der Waals surface area (Å²) in [5.41, 5.74) is 0. The summed E-state index contributed by atoms with van der Waals surface area (Å²) in [5.74, 6) is 2.48. The summed E-state index contributed by atoms with van der Waals surface area (Å²) in [6.45, 7) is 1.05. The molecule has 2 heterocycles. The fourth-order valence-electron chi connectivity index (χ4n) is 1.31. The Morgan fingerprint density at radius 1 is 1.45 bits per heavy atom. The van der Waals surface area contributed by atoms with Crippen LogP contribution in [0.4, 0.5) is 0 Å². The zero-order valence-corrected chi connectivity index (χ0v) is 7.53. The maximum atomic E-state index is 5.63. The molecule has 0 bridgehead atoms. The van der Waals surface area contributed by atoms with Gasteiger partial charge < -0.3 is 4.57 Å². The molecule has 1 aromatic rings. The number of aromatic nitrogens is 3. The zero-order valence-electron chi connectivity index (χ0n) is 5.96. The van der Waals surface area contributed by atoms with Gasteiger partial charge in [0.25, 0.3) is 0 Å². The minimum absolute atomic E-state index is 0. The van der Waals surface area contributed by atoms with E-state index in [1.807, 2.05) is 0 Å². The van der Waals surface area contributed by atoms with Crippen molar-refractivity contribution in [3.8, 4) is 0 Å². The maximum absolute atomic E-state index is 5.63. The summed E-state index contributed by atoms with van der Waals surface area (Å²) in [6.07, 6.45) is 2.25. The molecule has 62 valence electrons. The maximum Gasteiger partial charge on any atom is 0.147 e. The van der Waals surface area contributed by atoms with Gasteiger partial charge in [0.05, 0.1) is 5.88 Å². The highest BCUT2D eigenvalue weighted by molar-refractivity contribution is 6.16. The monoisotopic (exact) mass is 193 g/mol. The molecule has 0 saturated carbocycles. The summed E-state index contributed by atoms with van der Waals surface area (Å²) >= 11 is 5.63. The standard InChI is InChI=1S/C6H8ClN3.ClH/c7-4-6-9-8-5-2-1-3-10(5)6;/h1-4H2;1H. The van der Waals surface area contributed by atoms with Crippen molar-refractivity contribution in [2.75, 3.05) is 0 Å². The predicted octanol–water partition coefficient (Wildman–Crippen LogP) is 1.38. The van der Waals surface area contributed by atoms with Gasteiger partial charge in [-0.15, -0.1) is 34.2 Å². The average molecular weight is 194 g/mol. The number of rotatable bonds is 1. The molecule has 0 atom stereocenters. The van der Waals surface area contributed by atoms with E-state index < -0.39 is 0 Å². The van der Waals surface area contributed by atoms with Crippen LogP contribution in [0, 0.1) is 0 Å². The minimum atomic E-state index is 0. The molecule has 3 nitrogen and oxygen atoms in total. The normalized spacial score (nSPS) is 14.3. The van der Waals surface area contributed by atoms with Crippen LogP contribution in [-0.2, 0) is 18.8 Å². The summed E-state index contributed by atoms with van der Waals surface area (Å²) in [6, 6.07) is 0. The predicted molar refractivity (Wildman–Crippen MR) is 45.1 cm³/mol. The molecule has 0 spiro atoms. The molecular weight excluding hydrogens is 185 g/mol. The molecule has 1 aliphatic heterocycles. The van der Waals surface area contributed by atoms with E-state index in [4.69, 9.17) is 11.6 Å². The molecule has 0 N–H and O–H groups in total. The lowest BCUT2D eigenvalue weighted by Crippen LogP contribution is -1.97. The van der Waals surface area contributed by atoms with Gasteiger partial charge >= 0.3 is 0 Å². The van der Waals surface area contributed by atoms with E-state index in [0.29, 0.717) is 5.88 Å². The van der Waals surface area contributed by atoms with Crippen molar-refractivity contribution in [3.05, 3.63) is 11.6 Å². The first kappa shape index (κ1) is 8.81. The lowest BCUT2D eigenvalue weighted by atomic mass is 10.4. The van der Waals surface area contributed by atoms with Crippen LogP contribution in [0.5, 0.6) is 0 Å². The van der Waals surface area contributed by atoms with Crippen molar-refractivity contribution in [1.82, 2.24) is 14.8 Å². The molecule has 0 radical (unpaired) electrons. The third kappa shape index (κ3) is 1.35. The van der Waals surface area contributed by atoms with Gasteiger partial charge in [0.15, 0.2) is 0 Å². The Morgan fingerprint density at radius 3 is 3.00 bits per heavy atom. The molecule has 0 unspecified atom stereocenters. The van der Waals surface area contributed by atoms with Gasteiger partial charge in [-0.2, -0.15) is 0 Å². The molecule has 0 aromatic carbocycles. The Bertz CT molecular complexity index is 246. The van der Waals surface area contributed by atoms with Gasteiger partial charge in [-0.25, -0.2) is 0 Å². The van der Waals surface area contributed by atoms with Crippen molar-refractivity contribution in [2.45, 2.75) is 25.3 Å². The first-order chi connectivity index (χ1) is 4.92. The van der Waals surface area contributed by atoms with Gasteiger partial charge in [0.2, 0.25) is 0 Å². The quantitative estimate of drug-likeness (QED) is 0.632. The van der Waals surface area contributed by atoms with Gasteiger partial charge in [-0.3, -0.25) is 0 Å². The second-order valence-electron chi connectivity index (χ2n) is 2.42. The van der Waals surface area contributed by atoms with Crippen LogP contribution in [0.15, 0.2) is 0 Å². The summed E-state index contributed by atoms with van der Waals surface area (Å²) in [7, 11) is 0. The van der Waals surface area contributed by atoms with Crippen LogP contribution >= 0.6 is 24.0 Å². The highest BCUT2D eigenvalue weighted by atomic mass is 35.5. The third-order valence-corrected chi connectivity index (χ3v) is 2.04. The van der Waals surface area contributed by atoms with E-state index in [1.54, 1.807) is 0 Å². The fourth-order valence-corrected chi connectivity index (χ4v) is 1.51. The molecule has 0 aliphatic carbocycles. The van der Waals surface area contributed by atoms with E-state index in [9.17, 15) is 0 Å². The average Bonchev–Trinajstić information content (AvgIpc) is 2.44. The van der Waals surface area contributed by atoms with Crippen molar-refractivity contribution in [3.63, 3.8) is 0 Å². The van der Waals surface area contributed by atoms with Crippen molar-refractivity contribution >= 4 is 24.0 Å². The fraction of sp³-hybridized carbons (Fsp3) is 0.667. The number of hydrogen-bond donors (Lipinski definition) is 0. The summed E-state index contributed by atoms with van der Waals surface area (Å²) < 4.78 is 2.10. The lowest BCUT2D eigenvalue weighted by Gasteiger charge is -1.95. The largest absolute Gasteiger partial charge is 0.314 e. The molecule has 5 heteroatoms. The number of hydrogen-bond acceptors (Lipinski definition) is 2. The Morgan fingerprint density at radius 2 is 2.27 bits per heavy atom. The van der Waals surface area contributed by atoms with E-state index in [0.717, 1.165) is 24.6 Å². The Labute approximate surface area is 76.2 Å². The molecule has 0 saturated heterocycles. The van der Waals surface area contributed by atoms with Gasteiger partial charge in [-0.05, 0) is 6.42 Å². The van der Waals surface area contributed by atoms with Crippen LogP contribution in [-0.4, -0.2) is 14.8 Å². The lowest BCUT2D eigenvalue weighted by molar-refractivity contribution is 0.710. The Balaban J connectivity index is 0.000000605. The van der Waals surface area contributed by atoms with Crippen molar-refractivity contribution in [2.24, 2.45) is 0 Å². The molecule has 11 heavy (non-hydrogen) atoms. The van der Waals surface area contributed by atoms with E-state index >= 15 is 0 Å². The minimum Gasteiger partial charge on any atom is -0.314 e. The highest BCUT2D eigenvalue weighted by Gasteiger charge is 2.15. The summed E-state index contributed by atoms with van der Waals surface area (Å²) in [5, 5.41) is 7.93. The van der Waals surface area contributed by atoms with Crippen molar-refractivity contribution in [1.29, 1.82) is 0 Å². The van der Waals surface area contributed by atoms with Crippen LogP contribution in [0.1, 0.15) is 18.1 Å². The third-order valence-electron chi connectivity index (χ3n) is 1.81. The SMILES string of the molecule is Cl.ClCc1nnc2n1CCC2. The van der Waals surface area contributed by atoms with Crippen LogP contribution in [0.2, 0.25) is 0 Å². The smallest absolute Gasteiger partial charge is 0.147 e. The molecule has 1 aromatic heterocycles. The van der Waals surface area contributed by atoms with Crippen LogP contribution in [0.25, 0.3) is 0 Å². The molecule has 0 amide bonds.